The van der Waals surface area contributed by atoms with Crippen LogP contribution in [0.15, 0.2) is 24.7 Å². The highest BCUT2D eigenvalue weighted by Gasteiger charge is 2.22. The van der Waals surface area contributed by atoms with Gasteiger partial charge in [0.15, 0.2) is 11.5 Å². The molecule has 4 heterocycles. The van der Waals surface area contributed by atoms with Crippen molar-refractivity contribution in [2.45, 2.75) is 18.8 Å². The van der Waals surface area contributed by atoms with Crippen LogP contribution < -0.4 is 0 Å². The molecule has 3 aromatic rings. The molecule has 4 rings (SSSR count). The van der Waals surface area contributed by atoms with E-state index < -0.39 is 0 Å². The lowest BCUT2D eigenvalue weighted by Crippen LogP contribution is -2.29. The first-order valence-electron chi connectivity index (χ1n) is 7.21. The number of aromatic nitrogens is 6. The molecule has 0 bridgehead atoms. The number of H-pyrrole nitrogens is 1. The highest BCUT2D eigenvalue weighted by molar-refractivity contribution is 5.71. The standard InChI is InChI=1S/C14H17N7/c1-20-7-3-10(4-8-20)12-17-13(19-18-12)11-9-16-21-6-2-5-15-14(11)21/h2,5-6,9-10H,3-4,7-8H2,1H3,(H,17,18,19). The third-order valence-corrected chi connectivity index (χ3v) is 4.13. The van der Waals surface area contributed by atoms with Crippen molar-refractivity contribution in [3.8, 4) is 11.4 Å². The first-order valence-corrected chi connectivity index (χ1v) is 7.21. The molecule has 108 valence electrons. The van der Waals surface area contributed by atoms with Crippen LogP contribution in [0.2, 0.25) is 0 Å². The minimum atomic E-state index is 0.470. The minimum Gasteiger partial charge on any atom is -0.306 e. The lowest BCUT2D eigenvalue weighted by molar-refractivity contribution is 0.251. The first kappa shape index (κ1) is 12.5. The molecule has 0 atom stereocenters. The summed E-state index contributed by atoms with van der Waals surface area (Å²) >= 11 is 0. The maximum Gasteiger partial charge on any atom is 0.186 e. The van der Waals surface area contributed by atoms with Crippen molar-refractivity contribution in [3.05, 3.63) is 30.5 Å². The lowest BCUT2D eigenvalue weighted by atomic mass is 9.97. The maximum absolute atomic E-state index is 4.67. The number of nitrogens with one attached hydrogen (secondary N) is 1. The van der Waals surface area contributed by atoms with Gasteiger partial charge in [-0.3, -0.25) is 5.10 Å². The van der Waals surface area contributed by atoms with Gasteiger partial charge < -0.3 is 4.90 Å². The van der Waals surface area contributed by atoms with Crippen LogP contribution in [0.3, 0.4) is 0 Å². The SMILES string of the molecule is CN1CCC(c2nc(-c3cnn4cccnc34)n[nH]2)CC1. The summed E-state index contributed by atoms with van der Waals surface area (Å²) in [7, 11) is 2.16. The molecule has 0 spiro atoms. The van der Waals surface area contributed by atoms with Crippen molar-refractivity contribution in [2.24, 2.45) is 0 Å². The second-order valence-corrected chi connectivity index (χ2v) is 5.57. The normalized spacial score (nSPS) is 17.6. The summed E-state index contributed by atoms with van der Waals surface area (Å²) in [5.74, 6) is 2.13. The van der Waals surface area contributed by atoms with Gasteiger partial charge >= 0.3 is 0 Å². The Morgan fingerprint density at radius 1 is 1.29 bits per heavy atom. The van der Waals surface area contributed by atoms with Crippen LogP contribution in [0.4, 0.5) is 0 Å². The Hall–Kier alpha value is -2.28. The Morgan fingerprint density at radius 2 is 2.14 bits per heavy atom. The molecule has 3 aromatic heterocycles. The Labute approximate surface area is 122 Å². The molecule has 0 amide bonds. The Kier molecular flexibility index (Phi) is 2.92. The van der Waals surface area contributed by atoms with Crippen LogP contribution >= 0.6 is 0 Å². The summed E-state index contributed by atoms with van der Waals surface area (Å²) < 4.78 is 1.74. The molecule has 1 fully saturated rings. The van der Waals surface area contributed by atoms with Crippen LogP contribution in [-0.4, -0.2) is 54.8 Å². The summed E-state index contributed by atoms with van der Waals surface area (Å²) in [6.45, 7) is 2.22. The highest BCUT2D eigenvalue weighted by Crippen LogP contribution is 2.27. The van der Waals surface area contributed by atoms with Crippen molar-refractivity contribution in [1.82, 2.24) is 34.7 Å². The van der Waals surface area contributed by atoms with E-state index in [-0.39, 0.29) is 0 Å². The van der Waals surface area contributed by atoms with E-state index in [2.05, 4.69) is 37.2 Å². The summed E-state index contributed by atoms with van der Waals surface area (Å²) in [6.07, 6.45) is 7.64. The predicted octanol–water partition coefficient (Wildman–Crippen LogP) is 1.32. The molecule has 7 nitrogen and oxygen atoms in total. The van der Waals surface area contributed by atoms with Gasteiger partial charge in [0.2, 0.25) is 0 Å². The van der Waals surface area contributed by atoms with Gasteiger partial charge in [-0.2, -0.15) is 10.2 Å². The van der Waals surface area contributed by atoms with Crippen LogP contribution in [0.25, 0.3) is 17.0 Å². The summed E-state index contributed by atoms with van der Waals surface area (Å²) in [6, 6.07) is 1.85. The maximum atomic E-state index is 4.67. The van der Waals surface area contributed by atoms with Crippen LogP contribution in [0.5, 0.6) is 0 Å². The minimum absolute atomic E-state index is 0.470. The van der Waals surface area contributed by atoms with Gasteiger partial charge in [0.25, 0.3) is 0 Å². The van der Waals surface area contributed by atoms with Crippen molar-refractivity contribution in [1.29, 1.82) is 0 Å². The van der Waals surface area contributed by atoms with E-state index in [1.165, 1.54) is 0 Å². The Bertz CT molecular complexity index is 751. The quantitative estimate of drug-likeness (QED) is 0.768. The van der Waals surface area contributed by atoms with Gasteiger partial charge in [-0.05, 0) is 39.0 Å². The molecule has 0 radical (unpaired) electrons. The van der Waals surface area contributed by atoms with E-state index in [9.17, 15) is 0 Å². The summed E-state index contributed by atoms with van der Waals surface area (Å²) in [5.41, 5.74) is 1.65. The Morgan fingerprint density at radius 3 is 3.00 bits per heavy atom. The monoisotopic (exact) mass is 283 g/mol. The van der Waals surface area contributed by atoms with Crippen molar-refractivity contribution >= 4 is 5.65 Å². The second kappa shape index (κ2) is 4.92. The van der Waals surface area contributed by atoms with Gasteiger partial charge in [-0.1, -0.05) is 0 Å². The van der Waals surface area contributed by atoms with E-state index in [0.29, 0.717) is 11.7 Å². The average molecular weight is 283 g/mol. The first-order chi connectivity index (χ1) is 10.3. The molecule has 0 aromatic carbocycles. The number of hydrogen-bond donors (Lipinski definition) is 1. The lowest BCUT2D eigenvalue weighted by Gasteiger charge is -2.27. The number of hydrogen-bond acceptors (Lipinski definition) is 5. The van der Waals surface area contributed by atoms with Gasteiger partial charge in [-0.25, -0.2) is 14.5 Å². The fraction of sp³-hybridized carbons (Fsp3) is 0.429. The number of piperidine rings is 1. The molecule has 1 N–H and O–H groups in total. The smallest absolute Gasteiger partial charge is 0.186 e. The zero-order valence-corrected chi connectivity index (χ0v) is 11.9. The average Bonchev–Trinajstić information content (AvgIpc) is 3.14. The Balaban J connectivity index is 1.65. The van der Waals surface area contributed by atoms with E-state index in [0.717, 1.165) is 43.0 Å². The number of likely N-dealkylation sites (tertiary alicyclic amines) is 1. The van der Waals surface area contributed by atoms with E-state index in [4.69, 9.17) is 0 Å². The summed E-state index contributed by atoms with van der Waals surface area (Å²) in [5, 5.41) is 11.7. The fourth-order valence-corrected chi connectivity index (χ4v) is 2.84. The van der Waals surface area contributed by atoms with E-state index in [1.807, 2.05) is 12.3 Å². The molecule has 0 unspecified atom stereocenters. The fourth-order valence-electron chi connectivity index (χ4n) is 2.84. The van der Waals surface area contributed by atoms with E-state index >= 15 is 0 Å². The number of aromatic amines is 1. The van der Waals surface area contributed by atoms with Crippen molar-refractivity contribution in [3.63, 3.8) is 0 Å². The van der Waals surface area contributed by atoms with E-state index in [1.54, 1.807) is 16.9 Å². The van der Waals surface area contributed by atoms with Crippen LogP contribution in [-0.2, 0) is 0 Å². The molecule has 1 saturated heterocycles. The van der Waals surface area contributed by atoms with Crippen LogP contribution in [0, 0.1) is 0 Å². The molecular formula is C14H17N7. The van der Waals surface area contributed by atoms with Gasteiger partial charge in [0.05, 0.1) is 11.8 Å². The molecule has 1 aliphatic heterocycles. The molecule has 7 heteroatoms. The van der Waals surface area contributed by atoms with Crippen molar-refractivity contribution in [2.75, 3.05) is 20.1 Å². The number of nitrogens with zero attached hydrogens (tertiary/aromatic N) is 6. The zero-order chi connectivity index (χ0) is 14.2. The third-order valence-electron chi connectivity index (χ3n) is 4.13. The van der Waals surface area contributed by atoms with Crippen LogP contribution in [0.1, 0.15) is 24.6 Å². The molecule has 0 saturated carbocycles. The van der Waals surface area contributed by atoms with Crippen molar-refractivity contribution < 1.29 is 0 Å². The summed E-state index contributed by atoms with van der Waals surface area (Å²) in [4.78, 5) is 11.4. The van der Waals surface area contributed by atoms with Gasteiger partial charge in [0.1, 0.15) is 5.82 Å². The predicted molar refractivity (Wildman–Crippen MR) is 77.8 cm³/mol. The molecule has 0 aliphatic carbocycles. The number of rotatable bonds is 2. The third kappa shape index (κ3) is 2.19. The molecule has 1 aliphatic rings. The van der Waals surface area contributed by atoms with Gasteiger partial charge in [-0.15, -0.1) is 0 Å². The largest absolute Gasteiger partial charge is 0.306 e. The molecule has 21 heavy (non-hydrogen) atoms. The van der Waals surface area contributed by atoms with Gasteiger partial charge in [0, 0.05) is 18.3 Å². The second-order valence-electron chi connectivity index (χ2n) is 5.57. The highest BCUT2D eigenvalue weighted by atomic mass is 15.3. The topological polar surface area (TPSA) is 75.0 Å². The molecular weight excluding hydrogens is 266 g/mol. The zero-order valence-electron chi connectivity index (χ0n) is 11.9. The number of fused-ring (bicyclic) bond motifs is 1.